The lowest BCUT2D eigenvalue weighted by Crippen LogP contribution is -2.33. The van der Waals surface area contributed by atoms with Gasteiger partial charge < -0.3 is 10.6 Å². The summed E-state index contributed by atoms with van der Waals surface area (Å²) in [6, 6.07) is 8.24. The van der Waals surface area contributed by atoms with Gasteiger partial charge in [0.2, 0.25) is 0 Å². The van der Waals surface area contributed by atoms with Crippen LogP contribution < -0.4 is 10.6 Å². The number of anilines is 2. The second-order valence-corrected chi connectivity index (χ2v) is 6.28. The maximum Gasteiger partial charge on any atom is 0.0727 e. The Morgan fingerprint density at radius 3 is 2.71 bits per heavy atom. The number of aromatic nitrogens is 1. The number of aryl methyl sites for hydroxylation is 1. The normalized spacial score (nSPS) is 16.6. The standard InChI is InChI=1S/C18H25N3/c1-3-4-14-7-9-21(10-8-14)18-11-13(2)20-17-6-5-15(19)12-16(17)18/h5-6,11-12,14H,3-4,7-10,19H2,1-2H3. The van der Waals surface area contributed by atoms with Crippen LogP contribution in [0.5, 0.6) is 0 Å². The lowest BCUT2D eigenvalue weighted by atomic mass is 9.92. The largest absolute Gasteiger partial charge is 0.399 e. The van der Waals surface area contributed by atoms with Gasteiger partial charge in [0, 0.05) is 35.5 Å². The van der Waals surface area contributed by atoms with Crippen molar-refractivity contribution in [3.05, 3.63) is 30.0 Å². The fourth-order valence-corrected chi connectivity index (χ4v) is 3.49. The van der Waals surface area contributed by atoms with Crippen molar-refractivity contribution in [1.82, 2.24) is 4.98 Å². The molecule has 0 aliphatic carbocycles. The minimum atomic E-state index is 0.815. The predicted octanol–water partition coefficient (Wildman–Crippen LogP) is 4.14. The molecule has 0 amide bonds. The van der Waals surface area contributed by atoms with Gasteiger partial charge in [0.15, 0.2) is 0 Å². The Bertz CT molecular complexity index is 628. The number of rotatable bonds is 3. The second-order valence-electron chi connectivity index (χ2n) is 6.28. The molecular formula is C18H25N3. The molecule has 21 heavy (non-hydrogen) atoms. The van der Waals surface area contributed by atoms with Crippen molar-refractivity contribution in [3.63, 3.8) is 0 Å². The molecule has 3 nitrogen and oxygen atoms in total. The molecule has 2 N–H and O–H groups in total. The number of benzene rings is 1. The van der Waals surface area contributed by atoms with Crippen LogP contribution in [-0.4, -0.2) is 18.1 Å². The molecule has 0 saturated carbocycles. The molecule has 2 heterocycles. The molecule has 1 aliphatic rings. The van der Waals surface area contributed by atoms with Gasteiger partial charge in [-0.1, -0.05) is 19.8 Å². The topological polar surface area (TPSA) is 42.2 Å². The highest BCUT2D eigenvalue weighted by Gasteiger charge is 2.20. The number of piperidine rings is 1. The van der Waals surface area contributed by atoms with E-state index in [4.69, 9.17) is 5.73 Å². The van der Waals surface area contributed by atoms with E-state index < -0.39 is 0 Å². The molecule has 0 spiro atoms. The Balaban J connectivity index is 1.91. The zero-order valence-corrected chi connectivity index (χ0v) is 13.1. The molecule has 1 fully saturated rings. The van der Waals surface area contributed by atoms with Crippen LogP contribution in [-0.2, 0) is 0 Å². The van der Waals surface area contributed by atoms with E-state index in [1.54, 1.807) is 0 Å². The lowest BCUT2D eigenvalue weighted by molar-refractivity contribution is 0.379. The minimum Gasteiger partial charge on any atom is -0.399 e. The summed E-state index contributed by atoms with van der Waals surface area (Å²) >= 11 is 0. The first-order valence-corrected chi connectivity index (χ1v) is 8.09. The van der Waals surface area contributed by atoms with Gasteiger partial charge in [0.25, 0.3) is 0 Å². The Labute approximate surface area is 127 Å². The molecule has 0 atom stereocenters. The summed E-state index contributed by atoms with van der Waals surface area (Å²) < 4.78 is 0. The van der Waals surface area contributed by atoms with Gasteiger partial charge >= 0.3 is 0 Å². The molecule has 1 saturated heterocycles. The first-order valence-electron chi connectivity index (χ1n) is 8.09. The van der Waals surface area contributed by atoms with E-state index in [9.17, 15) is 0 Å². The summed E-state index contributed by atoms with van der Waals surface area (Å²) in [7, 11) is 0. The van der Waals surface area contributed by atoms with Crippen molar-refractivity contribution < 1.29 is 0 Å². The highest BCUT2D eigenvalue weighted by atomic mass is 15.1. The van der Waals surface area contributed by atoms with E-state index in [1.807, 2.05) is 12.1 Å². The fraction of sp³-hybridized carbons (Fsp3) is 0.500. The second kappa shape index (κ2) is 5.92. The van der Waals surface area contributed by atoms with Crippen molar-refractivity contribution in [3.8, 4) is 0 Å². The summed E-state index contributed by atoms with van der Waals surface area (Å²) in [6.07, 6.45) is 5.29. The zero-order chi connectivity index (χ0) is 14.8. The predicted molar refractivity (Wildman–Crippen MR) is 90.7 cm³/mol. The number of pyridine rings is 1. The Morgan fingerprint density at radius 2 is 2.00 bits per heavy atom. The summed E-state index contributed by atoms with van der Waals surface area (Å²) in [5.41, 5.74) is 10.2. The summed E-state index contributed by atoms with van der Waals surface area (Å²) in [5.74, 6) is 0.908. The average molecular weight is 283 g/mol. The number of nitrogen functional groups attached to an aromatic ring is 1. The van der Waals surface area contributed by atoms with Gasteiger partial charge in [-0.3, -0.25) is 4.98 Å². The van der Waals surface area contributed by atoms with Crippen molar-refractivity contribution in [2.45, 2.75) is 39.5 Å². The van der Waals surface area contributed by atoms with E-state index >= 15 is 0 Å². The van der Waals surface area contributed by atoms with Gasteiger partial charge in [-0.25, -0.2) is 0 Å². The van der Waals surface area contributed by atoms with Gasteiger partial charge in [-0.2, -0.15) is 0 Å². The molecule has 2 aromatic rings. The first kappa shape index (κ1) is 14.2. The smallest absolute Gasteiger partial charge is 0.0727 e. The van der Waals surface area contributed by atoms with Crippen LogP contribution in [0.2, 0.25) is 0 Å². The quantitative estimate of drug-likeness (QED) is 0.861. The average Bonchev–Trinajstić information content (AvgIpc) is 2.48. The van der Waals surface area contributed by atoms with Crippen LogP contribution in [0, 0.1) is 12.8 Å². The van der Waals surface area contributed by atoms with Crippen LogP contribution in [0.25, 0.3) is 10.9 Å². The zero-order valence-electron chi connectivity index (χ0n) is 13.1. The molecule has 3 heteroatoms. The highest BCUT2D eigenvalue weighted by molar-refractivity contribution is 5.94. The molecule has 3 rings (SSSR count). The van der Waals surface area contributed by atoms with Crippen molar-refractivity contribution in [2.75, 3.05) is 23.7 Å². The lowest BCUT2D eigenvalue weighted by Gasteiger charge is -2.34. The molecule has 1 aliphatic heterocycles. The van der Waals surface area contributed by atoms with Gasteiger partial charge in [-0.05, 0) is 49.9 Å². The fourth-order valence-electron chi connectivity index (χ4n) is 3.49. The van der Waals surface area contributed by atoms with Crippen molar-refractivity contribution in [1.29, 1.82) is 0 Å². The molecular weight excluding hydrogens is 258 g/mol. The first-order chi connectivity index (χ1) is 10.2. The van der Waals surface area contributed by atoms with Crippen molar-refractivity contribution >= 4 is 22.3 Å². The number of nitrogens with zero attached hydrogens (tertiary/aromatic N) is 2. The molecule has 0 unspecified atom stereocenters. The molecule has 1 aromatic carbocycles. The Morgan fingerprint density at radius 1 is 1.24 bits per heavy atom. The Kier molecular flexibility index (Phi) is 4.00. The van der Waals surface area contributed by atoms with Gasteiger partial charge in [-0.15, -0.1) is 0 Å². The number of hydrogen-bond donors (Lipinski definition) is 1. The minimum absolute atomic E-state index is 0.815. The third kappa shape index (κ3) is 2.97. The van der Waals surface area contributed by atoms with Gasteiger partial charge in [0.05, 0.1) is 5.52 Å². The highest BCUT2D eigenvalue weighted by Crippen LogP contribution is 2.32. The molecule has 0 radical (unpaired) electrons. The van der Waals surface area contributed by atoms with E-state index in [0.29, 0.717) is 0 Å². The van der Waals surface area contributed by atoms with Gasteiger partial charge in [0.1, 0.15) is 0 Å². The third-order valence-corrected chi connectivity index (χ3v) is 4.59. The Hall–Kier alpha value is -1.77. The van der Waals surface area contributed by atoms with E-state index in [2.05, 4.69) is 35.9 Å². The molecule has 1 aromatic heterocycles. The van der Waals surface area contributed by atoms with E-state index in [-0.39, 0.29) is 0 Å². The van der Waals surface area contributed by atoms with E-state index in [1.165, 1.54) is 36.8 Å². The van der Waals surface area contributed by atoms with Crippen molar-refractivity contribution in [2.24, 2.45) is 5.92 Å². The molecule has 112 valence electrons. The summed E-state index contributed by atoms with van der Waals surface area (Å²) in [5, 5.41) is 1.19. The summed E-state index contributed by atoms with van der Waals surface area (Å²) in [6.45, 7) is 6.66. The summed E-state index contributed by atoms with van der Waals surface area (Å²) in [4.78, 5) is 7.15. The van der Waals surface area contributed by atoms with Crippen LogP contribution in [0.3, 0.4) is 0 Å². The maximum absolute atomic E-state index is 5.98. The third-order valence-electron chi connectivity index (χ3n) is 4.59. The number of hydrogen-bond acceptors (Lipinski definition) is 3. The number of nitrogens with two attached hydrogens (primary N) is 1. The number of fused-ring (bicyclic) bond motifs is 1. The monoisotopic (exact) mass is 283 g/mol. The van der Waals surface area contributed by atoms with Crippen LogP contribution >= 0.6 is 0 Å². The SMILES string of the molecule is CCCC1CCN(c2cc(C)nc3ccc(N)cc23)CC1. The van der Waals surface area contributed by atoms with E-state index in [0.717, 1.165) is 35.9 Å². The van der Waals surface area contributed by atoms with Crippen LogP contribution in [0.1, 0.15) is 38.3 Å². The molecule has 0 bridgehead atoms. The van der Waals surface area contributed by atoms with Crippen LogP contribution in [0.15, 0.2) is 24.3 Å². The maximum atomic E-state index is 5.98. The van der Waals surface area contributed by atoms with Crippen LogP contribution in [0.4, 0.5) is 11.4 Å².